The molecule has 0 radical (unpaired) electrons. The van der Waals surface area contributed by atoms with Crippen LogP contribution in [-0.4, -0.2) is 42.5 Å². The highest BCUT2D eigenvalue weighted by molar-refractivity contribution is 5.90. The maximum atomic E-state index is 11.9. The number of hydrogen-bond acceptors (Lipinski definition) is 7. The number of nitro groups is 1. The van der Waals surface area contributed by atoms with E-state index in [9.17, 15) is 24.5 Å². The van der Waals surface area contributed by atoms with E-state index in [2.05, 4.69) is 10.1 Å². The summed E-state index contributed by atoms with van der Waals surface area (Å²) in [4.78, 5) is 45.5. The summed E-state index contributed by atoms with van der Waals surface area (Å²) in [6, 6.07) is 4.86. The van der Waals surface area contributed by atoms with Crippen molar-refractivity contribution in [1.29, 1.82) is 0 Å². The van der Waals surface area contributed by atoms with Crippen LogP contribution in [0.15, 0.2) is 30.3 Å². The van der Waals surface area contributed by atoms with E-state index in [0.717, 1.165) is 6.08 Å². The molecule has 0 spiro atoms. The molecule has 2 atom stereocenters. The van der Waals surface area contributed by atoms with Crippen LogP contribution in [0, 0.1) is 16.0 Å². The number of rotatable bonds is 9. The van der Waals surface area contributed by atoms with Crippen molar-refractivity contribution < 1.29 is 28.8 Å². The molecule has 0 aliphatic heterocycles. The van der Waals surface area contributed by atoms with Crippen LogP contribution in [-0.2, 0) is 23.9 Å². The van der Waals surface area contributed by atoms with E-state index in [1.165, 1.54) is 31.4 Å². The predicted molar refractivity (Wildman–Crippen MR) is 96.5 cm³/mol. The zero-order valence-electron chi connectivity index (χ0n) is 15.3. The molecule has 0 heterocycles. The van der Waals surface area contributed by atoms with Gasteiger partial charge in [-0.2, -0.15) is 0 Å². The van der Waals surface area contributed by atoms with Gasteiger partial charge < -0.3 is 14.8 Å². The van der Waals surface area contributed by atoms with Gasteiger partial charge in [-0.3, -0.25) is 14.9 Å². The van der Waals surface area contributed by atoms with Crippen LogP contribution in [0.3, 0.4) is 0 Å². The summed E-state index contributed by atoms with van der Waals surface area (Å²) in [5.41, 5.74) is 0.330. The Kier molecular flexibility index (Phi) is 8.64. The fraction of sp³-hybridized carbons (Fsp3) is 0.389. The number of nitrogens with zero attached hydrogens (tertiary/aromatic N) is 1. The maximum Gasteiger partial charge on any atom is 0.331 e. The van der Waals surface area contributed by atoms with E-state index in [0.29, 0.717) is 12.0 Å². The van der Waals surface area contributed by atoms with Crippen molar-refractivity contribution in [3.63, 3.8) is 0 Å². The Bertz CT molecular complexity index is 730. The topological polar surface area (TPSA) is 125 Å². The Labute approximate surface area is 156 Å². The summed E-state index contributed by atoms with van der Waals surface area (Å²) < 4.78 is 9.46. The molecule has 0 aliphatic rings. The Balaban J connectivity index is 2.58. The molecule has 0 aliphatic carbocycles. The molecule has 0 saturated heterocycles. The molecular formula is C18H22N2O7. The van der Waals surface area contributed by atoms with Crippen molar-refractivity contribution in [2.45, 2.75) is 26.3 Å². The van der Waals surface area contributed by atoms with Crippen molar-refractivity contribution in [3.05, 3.63) is 46.0 Å². The summed E-state index contributed by atoms with van der Waals surface area (Å²) in [6.07, 6.45) is 3.04. The van der Waals surface area contributed by atoms with E-state index in [4.69, 9.17) is 4.74 Å². The lowest BCUT2D eigenvalue weighted by atomic mass is 9.99. The second-order valence-corrected chi connectivity index (χ2v) is 5.75. The molecule has 0 saturated carbocycles. The summed E-state index contributed by atoms with van der Waals surface area (Å²) in [5, 5.41) is 13.2. The first-order chi connectivity index (χ1) is 12.8. The lowest BCUT2D eigenvalue weighted by Crippen LogP contribution is -2.47. The summed E-state index contributed by atoms with van der Waals surface area (Å²) in [7, 11) is 1.22. The zero-order chi connectivity index (χ0) is 20.4. The number of nitrogens with one attached hydrogen (secondary N) is 1. The van der Waals surface area contributed by atoms with Crippen molar-refractivity contribution >= 4 is 29.6 Å². The molecule has 146 valence electrons. The number of amides is 1. The molecule has 0 fully saturated rings. The van der Waals surface area contributed by atoms with E-state index < -0.39 is 35.4 Å². The first-order valence-corrected chi connectivity index (χ1v) is 8.25. The van der Waals surface area contributed by atoms with Gasteiger partial charge in [0.1, 0.15) is 6.04 Å². The second-order valence-electron chi connectivity index (χ2n) is 5.75. The highest BCUT2D eigenvalue weighted by atomic mass is 16.6. The van der Waals surface area contributed by atoms with Crippen molar-refractivity contribution in [2.24, 2.45) is 5.92 Å². The van der Waals surface area contributed by atoms with Gasteiger partial charge in [0.05, 0.1) is 12.0 Å². The smallest absolute Gasteiger partial charge is 0.331 e. The largest absolute Gasteiger partial charge is 0.467 e. The SMILES string of the molecule is CC[C@H](C)[C@H](NC(=O)COC(=O)/C=C/c1cccc([N+](=O)[O-])c1)C(=O)OC. The van der Waals surface area contributed by atoms with Crippen LogP contribution < -0.4 is 5.32 Å². The fourth-order valence-corrected chi connectivity index (χ4v) is 2.10. The lowest BCUT2D eigenvalue weighted by molar-refractivity contribution is -0.384. The maximum absolute atomic E-state index is 11.9. The third kappa shape index (κ3) is 7.27. The van der Waals surface area contributed by atoms with Gasteiger partial charge in [-0.1, -0.05) is 32.4 Å². The molecular weight excluding hydrogens is 356 g/mol. The number of hydrogen-bond donors (Lipinski definition) is 1. The molecule has 1 amide bonds. The fourth-order valence-electron chi connectivity index (χ4n) is 2.10. The Morgan fingerprint density at radius 1 is 1.33 bits per heavy atom. The lowest BCUT2D eigenvalue weighted by Gasteiger charge is -2.21. The minimum atomic E-state index is -0.827. The van der Waals surface area contributed by atoms with Crippen LogP contribution in [0.2, 0.25) is 0 Å². The number of non-ortho nitro benzene ring substituents is 1. The molecule has 1 rings (SSSR count). The average Bonchev–Trinajstić information content (AvgIpc) is 2.67. The number of esters is 2. The van der Waals surface area contributed by atoms with Crippen LogP contribution >= 0.6 is 0 Å². The first-order valence-electron chi connectivity index (χ1n) is 8.25. The summed E-state index contributed by atoms with van der Waals surface area (Å²) in [6.45, 7) is 3.09. The molecule has 9 heteroatoms. The standard InChI is InChI=1S/C18H22N2O7/c1-4-12(2)17(18(23)26-3)19-15(21)11-27-16(22)9-8-13-6-5-7-14(10-13)20(24)25/h5-10,12,17H,4,11H2,1-3H3,(H,19,21)/b9-8+/t12-,17-/m0/s1. The minimum absolute atomic E-state index is 0.108. The number of nitro benzene ring substituents is 1. The van der Waals surface area contributed by atoms with Crippen molar-refractivity contribution in [1.82, 2.24) is 5.32 Å². The van der Waals surface area contributed by atoms with Crippen LogP contribution in [0.1, 0.15) is 25.8 Å². The van der Waals surface area contributed by atoms with Crippen LogP contribution in [0.25, 0.3) is 6.08 Å². The molecule has 0 aromatic heterocycles. The summed E-state index contributed by atoms with van der Waals surface area (Å²) in [5.74, 6) is -2.15. The summed E-state index contributed by atoms with van der Waals surface area (Å²) >= 11 is 0. The predicted octanol–water partition coefficient (Wildman–Crippen LogP) is 1.86. The molecule has 0 bridgehead atoms. The highest BCUT2D eigenvalue weighted by Gasteiger charge is 2.26. The average molecular weight is 378 g/mol. The zero-order valence-corrected chi connectivity index (χ0v) is 15.3. The van der Waals surface area contributed by atoms with Gasteiger partial charge in [0.25, 0.3) is 11.6 Å². The third-order valence-corrected chi connectivity index (χ3v) is 3.82. The number of ether oxygens (including phenoxy) is 2. The van der Waals surface area contributed by atoms with Crippen LogP contribution in [0.5, 0.6) is 0 Å². The van der Waals surface area contributed by atoms with Crippen molar-refractivity contribution in [3.8, 4) is 0 Å². The molecule has 0 unspecified atom stereocenters. The third-order valence-electron chi connectivity index (χ3n) is 3.82. The molecule has 1 aromatic rings. The number of methoxy groups -OCH3 is 1. The minimum Gasteiger partial charge on any atom is -0.467 e. The van der Waals surface area contributed by atoms with E-state index in [-0.39, 0.29) is 11.6 Å². The van der Waals surface area contributed by atoms with Gasteiger partial charge in [-0.05, 0) is 17.6 Å². The van der Waals surface area contributed by atoms with Gasteiger partial charge in [0.15, 0.2) is 6.61 Å². The molecule has 1 N–H and O–H groups in total. The van der Waals surface area contributed by atoms with Crippen molar-refractivity contribution in [2.75, 3.05) is 13.7 Å². The van der Waals surface area contributed by atoms with E-state index >= 15 is 0 Å². The molecule has 9 nitrogen and oxygen atoms in total. The number of benzene rings is 1. The Hall–Kier alpha value is -3.23. The Morgan fingerprint density at radius 3 is 2.63 bits per heavy atom. The van der Waals surface area contributed by atoms with Crippen LogP contribution in [0.4, 0.5) is 5.69 Å². The Morgan fingerprint density at radius 2 is 2.04 bits per heavy atom. The second kappa shape index (κ2) is 10.7. The molecule has 27 heavy (non-hydrogen) atoms. The van der Waals surface area contributed by atoms with Gasteiger partial charge in [0.2, 0.25) is 0 Å². The normalized spacial score (nSPS) is 12.9. The highest BCUT2D eigenvalue weighted by Crippen LogP contribution is 2.14. The number of carbonyl (C=O) groups is 3. The first kappa shape index (κ1) is 21.8. The quantitative estimate of drug-likeness (QED) is 0.301. The van der Waals surface area contributed by atoms with E-state index in [1.807, 2.05) is 6.92 Å². The number of carbonyl (C=O) groups excluding carboxylic acids is 3. The monoisotopic (exact) mass is 378 g/mol. The van der Waals surface area contributed by atoms with Gasteiger partial charge >= 0.3 is 11.9 Å². The van der Waals surface area contributed by atoms with Gasteiger partial charge in [-0.15, -0.1) is 0 Å². The van der Waals surface area contributed by atoms with Gasteiger partial charge in [-0.25, -0.2) is 9.59 Å². The molecule has 1 aromatic carbocycles. The van der Waals surface area contributed by atoms with Gasteiger partial charge in [0, 0.05) is 18.2 Å². The van der Waals surface area contributed by atoms with E-state index in [1.54, 1.807) is 13.0 Å².